The van der Waals surface area contributed by atoms with Crippen LogP contribution in [-0.4, -0.2) is 40.1 Å². The van der Waals surface area contributed by atoms with Crippen molar-refractivity contribution in [1.82, 2.24) is 5.23 Å². The van der Waals surface area contributed by atoms with Crippen molar-refractivity contribution in [3.05, 3.63) is 48.5 Å². The van der Waals surface area contributed by atoms with Gasteiger partial charge < -0.3 is 20.3 Å². The summed E-state index contributed by atoms with van der Waals surface area (Å²) in [5.74, 6) is -0.0367. The Hall–Kier alpha value is -2.56. The molecule has 2 rings (SSSR count). The first-order valence-corrected chi connectivity index (χ1v) is 10.3. The molecule has 8 nitrogen and oxygen atoms in total. The molecular formula is C18H26BN3O5S. The molecule has 0 spiro atoms. The standard InChI is InChI=1S/C16H20BN3O5S.C2H6/c1-17(22)18-11-16(21)19-14-10-12(8-9-15(14)25-2)20-26(23,24)13-6-4-3-5-7-13;1-2/h3-10,18,20,22H,11H2,1-2H3,(H,19,21);1-2H3. The normalized spacial score (nSPS) is 10.3. The quantitative estimate of drug-likeness (QED) is 0.499. The fourth-order valence-corrected chi connectivity index (χ4v) is 3.19. The Morgan fingerprint density at radius 3 is 2.36 bits per heavy atom. The Kier molecular flexibility index (Phi) is 9.50. The minimum atomic E-state index is -3.75. The summed E-state index contributed by atoms with van der Waals surface area (Å²) >= 11 is 0. The van der Waals surface area contributed by atoms with E-state index in [4.69, 9.17) is 9.76 Å². The van der Waals surface area contributed by atoms with Gasteiger partial charge in [0.1, 0.15) is 5.75 Å². The number of amides is 1. The molecule has 4 N–H and O–H groups in total. The molecule has 152 valence electrons. The van der Waals surface area contributed by atoms with Gasteiger partial charge in [0.2, 0.25) is 5.91 Å². The maximum Gasteiger partial charge on any atom is 0.374 e. The van der Waals surface area contributed by atoms with Crippen LogP contribution in [-0.2, 0) is 14.8 Å². The summed E-state index contributed by atoms with van der Waals surface area (Å²) < 4.78 is 32.4. The average Bonchev–Trinajstić information content (AvgIpc) is 2.68. The summed E-state index contributed by atoms with van der Waals surface area (Å²) in [6.45, 7) is 5.38. The van der Waals surface area contributed by atoms with Crippen molar-refractivity contribution >= 4 is 34.4 Å². The molecule has 2 aromatic carbocycles. The van der Waals surface area contributed by atoms with E-state index in [9.17, 15) is 13.2 Å². The second kappa shape index (κ2) is 11.3. The molecule has 0 fully saturated rings. The molecule has 0 aliphatic rings. The topological polar surface area (TPSA) is 117 Å². The van der Waals surface area contributed by atoms with Gasteiger partial charge in [-0.15, -0.1) is 0 Å². The van der Waals surface area contributed by atoms with Gasteiger partial charge in [-0.25, -0.2) is 8.42 Å². The zero-order valence-corrected chi connectivity index (χ0v) is 17.2. The van der Waals surface area contributed by atoms with Gasteiger partial charge >= 0.3 is 7.05 Å². The molecule has 2 aromatic rings. The number of methoxy groups -OCH3 is 1. The number of hydrogen-bond donors (Lipinski definition) is 4. The van der Waals surface area contributed by atoms with Crippen LogP contribution < -0.4 is 20.0 Å². The molecule has 0 aromatic heterocycles. The highest BCUT2D eigenvalue weighted by molar-refractivity contribution is 7.92. The summed E-state index contributed by atoms with van der Waals surface area (Å²) in [5, 5.41) is 14.3. The first-order valence-electron chi connectivity index (χ1n) is 8.79. The molecule has 0 bridgehead atoms. The van der Waals surface area contributed by atoms with Crippen LogP contribution in [0.25, 0.3) is 0 Å². The maximum absolute atomic E-state index is 12.4. The summed E-state index contributed by atoms with van der Waals surface area (Å²) in [5.41, 5.74) is 0.576. The number of anilines is 2. The summed E-state index contributed by atoms with van der Waals surface area (Å²) in [7, 11) is -3.14. The van der Waals surface area contributed by atoms with Crippen molar-refractivity contribution < 1.29 is 23.0 Å². The van der Waals surface area contributed by atoms with Crippen LogP contribution in [0.1, 0.15) is 13.8 Å². The van der Waals surface area contributed by atoms with E-state index in [0.717, 1.165) is 0 Å². The number of hydrogen-bond acceptors (Lipinski definition) is 6. The van der Waals surface area contributed by atoms with Crippen LogP contribution in [0.4, 0.5) is 11.4 Å². The van der Waals surface area contributed by atoms with Crippen LogP contribution in [0.2, 0.25) is 6.82 Å². The van der Waals surface area contributed by atoms with Crippen LogP contribution in [0, 0.1) is 0 Å². The van der Waals surface area contributed by atoms with Gasteiger partial charge in [-0.1, -0.05) is 32.0 Å². The van der Waals surface area contributed by atoms with Crippen LogP contribution in [0.5, 0.6) is 5.75 Å². The molecule has 0 heterocycles. The van der Waals surface area contributed by atoms with Crippen molar-refractivity contribution in [3.8, 4) is 5.75 Å². The predicted octanol–water partition coefficient (Wildman–Crippen LogP) is 2.16. The number of sulfonamides is 1. The Bertz CT molecular complexity index is 861. The van der Waals surface area contributed by atoms with Crippen molar-refractivity contribution in [2.45, 2.75) is 25.6 Å². The van der Waals surface area contributed by atoms with Gasteiger partial charge in [0, 0.05) is 0 Å². The van der Waals surface area contributed by atoms with Crippen molar-refractivity contribution in [2.24, 2.45) is 0 Å². The molecule has 0 saturated heterocycles. The number of carbonyl (C=O) groups is 1. The highest BCUT2D eigenvalue weighted by Gasteiger charge is 2.16. The molecule has 0 saturated carbocycles. The molecule has 28 heavy (non-hydrogen) atoms. The second-order valence-electron chi connectivity index (χ2n) is 5.44. The highest BCUT2D eigenvalue weighted by Crippen LogP contribution is 2.29. The van der Waals surface area contributed by atoms with E-state index in [0.29, 0.717) is 11.4 Å². The fraction of sp³-hybridized carbons (Fsp3) is 0.278. The molecular weight excluding hydrogens is 381 g/mol. The number of ether oxygens (including phenoxy) is 1. The lowest BCUT2D eigenvalue weighted by Gasteiger charge is -2.14. The fourth-order valence-electron chi connectivity index (χ4n) is 2.12. The first kappa shape index (κ1) is 23.5. The lowest BCUT2D eigenvalue weighted by atomic mass is 9.89. The van der Waals surface area contributed by atoms with E-state index in [1.54, 1.807) is 24.3 Å². The molecule has 0 aliphatic heterocycles. The number of benzene rings is 2. The van der Waals surface area contributed by atoms with E-state index < -0.39 is 23.0 Å². The summed E-state index contributed by atoms with van der Waals surface area (Å²) in [6.07, 6.45) is 0. The third-order valence-corrected chi connectivity index (χ3v) is 4.73. The van der Waals surface area contributed by atoms with Crippen LogP contribution in [0.15, 0.2) is 53.4 Å². The lowest BCUT2D eigenvalue weighted by molar-refractivity contribution is -0.115. The monoisotopic (exact) mass is 407 g/mol. The van der Waals surface area contributed by atoms with Gasteiger partial charge in [0.05, 0.1) is 29.9 Å². The van der Waals surface area contributed by atoms with Crippen molar-refractivity contribution in [3.63, 3.8) is 0 Å². The van der Waals surface area contributed by atoms with E-state index in [-0.39, 0.29) is 17.1 Å². The smallest absolute Gasteiger partial charge is 0.374 e. The molecule has 0 atom stereocenters. The van der Waals surface area contributed by atoms with E-state index in [2.05, 4.69) is 15.3 Å². The van der Waals surface area contributed by atoms with Gasteiger partial charge in [0.15, 0.2) is 0 Å². The van der Waals surface area contributed by atoms with E-state index in [1.807, 2.05) is 13.8 Å². The minimum Gasteiger partial charge on any atom is -0.495 e. The zero-order chi connectivity index (χ0) is 21.2. The number of rotatable bonds is 8. The Labute approximate surface area is 166 Å². The lowest BCUT2D eigenvalue weighted by Crippen LogP contribution is -2.37. The highest BCUT2D eigenvalue weighted by atomic mass is 32.2. The number of nitrogens with one attached hydrogen (secondary N) is 3. The van der Waals surface area contributed by atoms with Gasteiger partial charge in [-0.3, -0.25) is 9.52 Å². The Morgan fingerprint density at radius 1 is 1.14 bits per heavy atom. The average molecular weight is 407 g/mol. The number of carbonyl (C=O) groups excluding carboxylic acids is 1. The molecule has 0 aliphatic carbocycles. The molecule has 1 amide bonds. The van der Waals surface area contributed by atoms with Gasteiger partial charge in [-0.2, -0.15) is 0 Å². The minimum absolute atomic E-state index is 0.110. The molecule has 10 heteroatoms. The molecule has 0 radical (unpaired) electrons. The third kappa shape index (κ3) is 7.22. The third-order valence-electron chi connectivity index (χ3n) is 3.34. The SMILES string of the molecule is CC.COc1ccc(NS(=O)(=O)c2ccccc2)cc1NC(=O)CNB(C)O. The second-order valence-corrected chi connectivity index (χ2v) is 7.12. The Balaban J connectivity index is 0.00000190. The van der Waals surface area contributed by atoms with Crippen molar-refractivity contribution in [1.29, 1.82) is 0 Å². The zero-order valence-electron chi connectivity index (χ0n) is 16.4. The van der Waals surface area contributed by atoms with Crippen molar-refractivity contribution in [2.75, 3.05) is 23.7 Å². The maximum atomic E-state index is 12.4. The van der Waals surface area contributed by atoms with Gasteiger partial charge in [-0.05, 0) is 37.2 Å². The Morgan fingerprint density at radius 2 is 1.79 bits per heavy atom. The van der Waals surface area contributed by atoms with E-state index in [1.165, 1.54) is 38.2 Å². The molecule has 0 unspecified atom stereocenters. The van der Waals surface area contributed by atoms with E-state index >= 15 is 0 Å². The summed E-state index contributed by atoms with van der Waals surface area (Å²) in [4.78, 5) is 12.1. The predicted molar refractivity (Wildman–Crippen MR) is 112 cm³/mol. The first-order chi connectivity index (χ1) is 13.3. The summed E-state index contributed by atoms with van der Waals surface area (Å²) in [6, 6.07) is 12.5. The van der Waals surface area contributed by atoms with Crippen LogP contribution in [0.3, 0.4) is 0 Å². The van der Waals surface area contributed by atoms with Crippen LogP contribution >= 0.6 is 0 Å². The largest absolute Gasteiger partial charge is 0.495 e. The van der Waals surface area contributed by atoms with Gasteiger partial charge in [0.25, 0.3) is 10.0 Å².